The molecule has 1 amide bonds. The van der Waals surface area contributed by atoms with E-state index in [0.717, 1.165) is 24.7 Å². The van der Waals surface area contributed by atoms with E-state index in [-0.39, 0.29) is 24.6 Å². The Kier molecular flexibility index (Phi) is 8.53. The molecule has 2 N–H and O–H groups in total. The number of nitriles is 1. The number of sulfonamides is 2. The minimum absolute atomic E-state index is 0.0235. The van der Waals surface area contributed by atoms with Crippen molar-refractivity contribution in [1.82, 2.24) is 9.62 Å². The molecule has 0 aliphatic carbocycles. The number of piperidine rings is 1. The van der Waals surface area contributed by atoms with E-state index in [1.54, 1.807) is 30.0 Å². The molecule has 1 aliphatic heterocycles. The van der Waals surface area contributed by atoms with Crippen molar-refractivity contribution in [2.45, 2.75) is 32.1 Å². The van der Waals surface area contributed by atoms with Crippen LogP contribution in [-0.2, 0) is 20.0 Å². The Hall–Kier alpha value is -2.94. The number of anilines is 1. The van der Waals surface area contributed by atoms with Crippen LogP contribution in [0.25, 0.3) is 0 Å². The van der Waals surface area contributed by atoms with Gasteiger partial charge in [0.25, 0.3) is 5.91 Å². The fraction of sp³-hybridized carbons (Fsp3) is 0.417. The van der Waals surface area contributed by atoms with Crippen molar-refractivity contribution in [2.75, 3.05) is 36.4 Å². The summed E-state index contributed by atoms with van der Waals surface area (Å²) in [6.45, 7) is 2.95. The van der Waals surface area contributed by atoms with Crippen LogP contribution in [0, 0.1) is 18.3 Å². The number of nitrogens with one attached hydrogen (secondary N) is 2. The van der Waals surface area contributed by atoms with Gasteiger partial charge in [-0.15, -0.1) is 0 Å². The molecule has 0 spiro atoms. The Morgan fingerprint density at radius 1 is 1.09 bits per heavy atom. The largest absolute Gasteiger partial charge is 0.339 e. The van der Waals surface area contributed by atoms with Crippen molar-refractivity contribution in [3.05, 3.63) is 64.7 Å². The third kappa shape index (κ3) is 7.78. The highest BCUT2D eigenvalue weighted by molar-refractivity contribution is 7.92. The second kappa shape index (κ2) is 11.2. The van der Waals surface area contributed by atoms with Crippen LogP contribution in [0.5, 0.6) is 0 Å². The van der Waals surface area contributed by atoms with Gasteiger partial charge in [0.1, 0.15) is 0 Å². The third-order valence-electron chi connectivity index (χ3n) is 6.00. The molecule has 1 heterocycles. The quantitative estimate of drug-likeness (QED) is 0.490. The van der Waals surface area contributed by atoms with Gasteiger partial charge in [-0.1, -0.05) is 18.2 Å². The van der Waals surface area contributed by atoms with Crippen LogP contribution in [-0.4, -0.2) is 59.3 Å². The highest BCUT2D eigenvalue weighted by atomic mass is 32.2. The molecule has 0 aromatic heterocycles. The number of benzene rings is 2. The molecule has 1 saturated heterocycles. The fourth-order valence-electron chi connectivity index (χ4n) is 4.03. The lowest BCUT2D eigenvalue weighted by molar-refractivity contribution is 0.0713. The first-order chi connectivity index (χ1) is 16.5. The van der Waals surface area contributed by atoms with Crippen LogP contribution in [0.4, 0.5) is 5.69 Å². The number of hydrogen-bond acceptors (Lipinski definition) is 6. The van der Waals surface area contributed by atoms with Gasteiger partial charge >= 0.3 is 0 Å². The highest BCUT2D eigenvalue weighted by Gasteiger charge is 2.25. The summed E-state index contributed by atoms with van der Waals surface area (Å²) in [5, 5.41) is 8.96. The summed E-state index contributed by atoms with van der Waals surface area (Å²) >= 11 is 0. The molecule has 188 valence electrons. The van der Waals surface area contributed by atoms with Gasteiger partial charge in [0.15, 0.2) is 0 Å². The zero-order valence-electron chi connectivity index (χ0n) is 19.8. The number of hydrogen-bond donors (Lipinski definition) is 2. The first kappa shape index (κ1) is 26.7. The normalized spacial score (nSPS) is 14.9. The van der Waals surface area contributed by atoms with Crippen molar-refractivity contribution < 1.29 is 21.6 Å². The Balaban J connectivity index is 1.60. The second-order valence-electron chi connectivity index (χ2n) is 8.77. The SMILES string of the molecule is Cc1ccc(C(=O)N2CCC(c3ccc(C#N)cc3)CC2)cc1NS(=O)(=O)CCCNS(C)(=O)=O. The van der Waals surface area contributed by atoms with Gasteiger partial charge in [-0.25, -0.2) is 21.6 Å². The average Bonchev–Trinajstić information content (AvgIpc) is 2.82. The summed E-state index contributed by atoms with van der Waals surface area (Å²) in [4.78, 5) is 14.9. The molecule has 9 nitrogen and oxygen atoms in total. The lowest BCUT2D eigenvalue weighted by Gasteiger charge is -2.32. The molecule has 3 rings (SSSR count). The van der Waals surface area contributed by atoms with Gasteiger partial charge < -0.3 is 4.90 Å². The van der Waals surface area contributed by atoms with Gasteiger partial charge in [-0.3, -0.25) is 9.52 Å². The van der Waals surface area contributed by atoms with Crippen molar-refractivity contribution in [3.8, 4) is 6.07 Å². The number of carbonyl (C=O) groups is 1. The summed E-state index contributed by atoms with van der Waals surface area (Å²) in [5.74, 6) is -0.0823. The second-order valence-corrected chi connectivity index (χ2v) is 12.4. The molecule has 2 aromatic rings. The smallest absolute Gasteiger partial charge is 0.253 e. The van der Waals surface area contributed by atoms with Crippen LogP contribution in [0.1, 0.15) is 52.2 Å². The van der Waals surface area contributed by atoms with Crippen LogP contribution in [0.2, 0.25) is 0 Å². The molecular formula is C24H30N4O5S2. The van der Waals surface area contributed by atoms with E-state index in [0.29, 0.717) is 41.4 Å². The Labute approximate surface area is 207 Å². The van der Waals surface area contributed by atoms with E-state index in [4.69, 9.17) is 5.26 Å². The average molecular weight is 519 g/mol. The maximum Gasteiger partial charge on any atom is 0.253 e. The van der Waals surface area contributed by atoms with Crippen LogP contribution in [0.3, 0.4) is 0 Å². The molecular weight excluding hydrogens is 488 g/mol. The molecule has 0 atom stereocenters. The molecule has 1 aliphatic rings. The lowest BCUT2D eigenvalue weighted by atomic mass is 9.89. The van der Waals surface area contributed by atoms with Gasteiger partial charge in [0.05, 0.1) is 29.3 Å². The Morgan fingerprint density at radius 2 is 1.74 bits per heavy atom. The van der Waals surface area contributed by atoms with Crippen LogP contribution in [0.15, 0.2) is 42.5 Å². The lowest BCUT2D eigenvalue weighted by Crippen LogP contribution is -2.38. The summed E-state index contributed by atoms with van der Waals surface area (Å²) in [6, 6.07) is 14.6. The predicted octanol–water partition coefficient (Wildman–Crippen LogP) is 2.57. The summed E-state index contributed by atoms with van der Waals surface area (Å²) in [5.41, 5.74) is 3.20. The van der Waals surface area contributed by atoms with Crippen molar-refractivity contribution in [1.29, 1.82) is 5.26 Å². The minimum Gasteiger partial charge on any atom is -0.339 e. The van der Waals surface area contributed by atoms with Gasteiger partial charge in [-0.2, -0.15) is 5.26 Å². The molecule has 0 radical (unpaired) electrons. The van der Waals surface area contributed by atoms with Crippen molar-refractivity contribution in [2.24, 2.45) is 0 Å². The molecule has 35 heavy (non-hydrogen) atoms. The number of nitrogens with zero attached hydrogens (tertiary/aromatic N) is 2. The van der Waals surface area contributed by atoms with E-state index in [9.17, 15) is 21.6 Å². The Bertz CT molecular complexity index is 1310. The van der Waals surface area contributed by atoms with E-state index in [1.807, 2.05) is 24.3 Å². The molecule has 1 fully saturated rings. The van der Waals surface area contributed by atoms with Gasteiger partial charge in [0, 0.05) is 25.2 Å². The van der Waals surface area contributed by atoms with Gasteiger partial charge in [0.2, 0.25) is 20.0 Å². The zero-order valence-corrected chi connectivity index (χ0v) is 21.5. The third-order valence-corrected chi connectivity index (χ3v) is 8.08. The molecule has 0 bridgehead atoms. The van der Waals surface area contributed by atoms with E-state index < -0.39 is 20.0 Å². The standard InChI is InChI=1S/C24H30N4O5S2/c1-18-4-7-22(16-23(18)27-35(32,33)15-3-12-26-34(2,30)31)24(29)28-13-10-21(11-14-28)20-8-5-19(17-25)6-9-20/h4-9,16,21,26-27H,3,10-15H2,1-2H3. The monoisotopic (exact) mass is 518 g/mol. The molecule has 2 aromatic carbocycles. The number of rotatable bonds is 9. The zero-order chi connectivity index (χ0) is 25.6. The number of likely N-dealkylation sites (tertiary alicyclic amines) is 1. The molecule has 11 heteroatoms. The Morgan fingerprint density at radius 3 is 2.34 bits per heavy atom. The minimum atomic E-state index is -3.72. The van der Waals surface area contributed by atoms with Crippen molar-refractivity contribution >= 4 is 31.6 Å². The maximum absolute atomic E-state index is 13.1. The summed E-state index contributed by atoms with van der Waals surface area (Å²) in [7, 11) is -7.09. The predicted molar refractivity (Wildman–Crippen MR) is 135 cm³/mol. The summed E-state index contributed by atoms with van der Waals surface area (Å²) in [6.07, 6.45) is 2.75. The number of amides is 1. The number of aryl methyl sites for hydroxylation is 1. The maximum atomic E-state index is 13.1. The van der Waals surface area contributed by atoms with E-state index in [1.165, 1.54) is 0 Å². The highest BCUT2D eigenvalue weighted by Crippen LogP contribution is 2.29. The molecule has 0 unspecified atom stereocenters. The molecule has 0 saturated carbocycles. The first-order valence-corrected chi connectivity index (χ1v) is 14.9. The van der Waals surface area contributed by atoms with Gasteiger partial charge in [-0.05, 0) is 67.5 Å². The van der Waals surface area contributed by atoms with E-state index in [2.05, 4.69) is 15.5 Å². The van der Waals surface area contributed by atoms with Crippen LogP contribution >= 0.6 is 0 Å². The first-order valence-electron chi connectivity index (χ1n) is 11.3. The fourth-order valence-corrected chi connectivity index (χ4v) is 5.73. The van der Waals surface area contributed by atoms with Crippen LogP contribution < -0.4 is 9.44 Å². The number of carbonyl (C=O) groups excluding carboxylic acids is 1. The summed E-state index contributed by atoms with van der Waals surface area (Å²) < 4.78 is 52.0. The topological polar surface area (TPSA) is 136 Å². The van der Waals surface area contributed by atoms with Crippen molar-refractivity contribution in [3.63, 3.8) is 0 Å². The van der Waals surface area contributed by atoms with E-state index >= 15 is 0 Å².